The number of aryl methyl sites for hydroxylation is 1. The van der Waals surface area contributed by atoms with Gasteiger partial charge in [0.25, 0.3) is 0 Å². The van der Waals surface area contributed by atoms with Crippen molar-refractivity contribution in [1.82, 2.24) is 9.80 Å². The smallest absolute Gasteiger partial charge is 0.238 e. The summed E-state index contributed by atoms with van der Waals surface area (Å²) in [6.45, 7) is 5.79. The van der Waals surface area contributed by atoms with Gasteiger partial charge in [-0.05, 0) is 44.3 Å². The minimum absolute atomic E-state index is 0.0345. The van der Waals surface area contributed by atoms with Crippen molar-refractivity contribution in [3.8, 4) is 0 Å². The van der Waals surface area contributed by atoms with E-state index in [-0.39, 0.29) is 24.9 Å². The lowest BCUT2D eigenvalue weighted by Gasteiger charge is -2.25. The van der Waals surface area contributed by atoms with E-state index in [4.69, 9.17) is 0 Å². The number of carbonyl (C=O) groups excluding carboxylic acids is 2. The minimum atomic E-state index is -0.123. The first-order valence-electron chi connectivity index (χ1n) is 9.87. The van der Waals surface area contributed by atoms with Crippen LogP contribution in [0.4, 0.5) is 5.69 Å². The molecule has 0 saturated heterocycles. The lowest BCUT2D eigenvalue weighted by molar-refractivity contribution is -0.133. The van der Waals surface area contributed by atoms with Gasteiger partial charge in [-0.3, -0.25) is 14.5 Å². The highest BCUT2D eigenvalue weighted by molar-refractivity contribution is 7.98. The molecule has 0 aliphatic carbocycles. The Bertz CT molecular complexity index is 808. The van der Waals surface area contributed by atoms with Gasteiger partial charge in [0.1, 0.15) is 0 Å². The molecular weight excluding hydrogens is 382 g/mol. The molecule has 2 amide bonds. The van der Waals surface area contributed by atoms with Crippen LogP contribution in [0, 0.1) is 6.92 Å². The Balaban J connectivity index is 1.90. The normalized spacial score (nSPS) is 10.8. The fourth-order valence-electron chi connectivity index (χ4n) is 3.05. The summed E-state index contributed by atoms with van der Waals surface area (Å²) < 4.78 is 0. The monoisotopic (exact) mass is 413 g/mol. The van der Waals surface area contributed by atoms with Crippen LogP contribution in [0.3, 0.4) is 0 Å². The number of anilines is 1. The highest BCUT2D eigenvalue weighted by Crippen LogP contribution is 2.24. The van der Waals surface area contributed by atoms with Crippen molar-refractivity contribution in [2.45, 2.75) is 31.7 Å². The van der Waals surface area contributed by atoms with E-state index in [1.165, 1.54) is 5.56 Å². The summed E-state index contributed by atoms with van der Waals surface area (Å²) in [6.07, 6.45) is 2.87. The Kier molecular flexibility index (Phi) is 9.22. The van der Waals surface area contributed by atoms with Gasteiger partial charge in [-0.1, -0.05) is 48.9 Å². The van der Waals surface area contributed by atoms with Crippen molar-refractivity contribution in [2.24, 2.45) is 0 Å². The topological polar surface area (TPSA) is 52.7 Å². The van der Waals surface area contributed by atoms with Crippen molar-refractivity contribution < 1.29 is 9.59 Å². The number of nitrogens with one attached hydrogen (secondary N) is 1. The number of hydrogen-bond acceptors (Lipinski definition) is 4. The number of benzene rings is 2. The predicted octanol–water partition coefficient (Wildman–Crippen LogP) is 4.03. The van der Waals surface area contributed by atoms with E-state index < -0.39 is 0 Å². The Labute approximate surface area is 178 Å². The standard InChI is InChI=1S/C23H31N3O2S/c1-5-14-26(15-19-12-10-18(2)11-13-19)23(28)17-25(3)16-22(27)24-20-8-6-7-9-21(20)29-4/h6-13H,5,14-17H2,1-4H3,(H,24,27). The van der Waals surface area contributed by atoms with Crippen LogP contribution < -0.4 is 5.32 Å². The molecular formula is C23H31N3O2S. The van der Waals surface area contributed by atoms with Crippen LogP contribution >= 0.6 is 11.8 Å². The highest BCUT2D eigenvalue weighted by Gasteiger charge is 2.17. The fourth-order valence-corrected chi connectivity index (χ4v) is 3.60. The van der Waals surface area contributed by atoms with E-state index in [1.54, 1.807) is 23.7 Å². The third-order valence-electron chi connectivity index (χ3n) is 4.54. The number of amides is 2. The highest BCUT2D eigenvalue weighted by atomic mass is 32.2. The molecule has 0 atom stereocenters. The molecule has 0 aromatic heterocycles. The van der Waals surface area contributed by atoms with E-state index in [2.05, 4.69) is 43.4 Å². The average molecular weight is 414 g/mol. The molecule has 0 aliphatic rings. The molecule has 0 bridgehead atoms. The molecule has 0 fully saturated rings. The first-order valence-corrected chi connectivity index (χ1v) is 11.1. The van der Waals surface area contributed by atoms with Crippen LogP contribution in [0.5, 0.6) is 0 Å². The fraction of sp³-hybridized carbons (Fsp3) is 0.391. The molecule has 0 heterocycles. The van der Waals surface area contributed by atoms with Gasteiger partial charge in [-0.15, -0.1) is 11.8 Å². The summed E-state index contributed by atoms with van der Waals surface area (Å²) in [5.74, 6) is -0.0883. The van der Waals surface area contributed by atoms with Crippen LogP contribution in [-0.4, -0.2) is 54.6 Å². The molecule has 1 N–H and O–H groups in total. The van der Waals surface area contributed by atoms with Gasteiger partial charge in [0, 0.05) is 18.0 Å². The molecule has 2 aromatic carbocycles. The number of para-hydroxylation sites is 1. The van der Waals surface area contributed by atoms with Gasteiger partial charge in [0.2, 0.25) is 11.8 Å². The first-order chi connectivity index (χ1) is 13.9. The van der Waals surface area contributed by atoms with E-state index in [1.807, 2.05) is 35.4 Å². The van der Waals surface area contributed by atoms with Crippen LogP contribution in [0.1, 0.15) is 24.5 Å². The number of nitrogens with zero attached hydrogens (tertiary/aromatic N) is 2. The largest absolute Gasteiger partial charge is 0.337 e. The SMILES string of the molecule is CCCN(Cc1ccc(C)cc1)C(=O)CN(C)CC(=O)Nc1ccccc1SC. The second kappa shape index (κ2) is 11.6. The van der Waals surface area contributed by atoms with E-state index in [9.17, 15) is 9.59 Å². The maximum Gasteiger partial charge on any atom is 0.238 e. The molecule has 0 radical (unpaired) electrons. The van der Waals surface area contributed by atoms with E-state index in [0.717, 1.165) is 22.6 Å². The number of hydrogen-bond donors (Lipinski definition) is 1. The van der Waals surface area contributed by atoms with E-state index in [0.29, 0.717) is 13.1 Å². The van der Waals surface area contributed by atoms with Crippen molar-refractivity contribution in [3.05, 3.63) is 59.7 Å². The summed E-state index contributed by atoms with van der Waals surface area (Å²) in [6, 6.07) is 16.0. The molecule has 2 aromatic rings. The van der Waals surface area contributed by atoms with Crippen molar-refractivity contribution in [1.29, 1.82) is 0 Å². The van der Waals surface area contributed by atoms with Gasteiger partial charge in [0.15, 0.2) is 0 Å². The number of thioether (sulfide) groups is 1. The minimum Gasteiger partial charge on any atom is -0.337 e. The average Bonchev–Trinajstić information content (AvgIpc) is 2.69. The molecule has 2 rings (SSSR count). The molecule has 0 saturated carbocycles. The quantitative estimate of drug-likeness (QED) is 0.598. The van der Waals surface area contributed by atoms with Gasteiger partial charge in [-0.25, -0.2) is 0 Å². The number of rotatable bonds is 10. The van der Waals surface area contributed by atoms with Crippen molar-refractivity contribution in [2.75, 3.05) is 38.3 Å². The Morgan fingerprint density at radius 2 is 1.72 bits per heavy atom. The summed E-state index contributed by atoms with van der Waals surface area (Å²) in [7, 11) is 1.80. The molecule has 6 heteroatoms. The third-order valence-corrected chi connectivity index (χ3v) is 5.34. The van der Waals surface area contributed by atoms with Gasteiger partial charge in [0.05, 0.1) is 18.8 Å². The summed E-state index contributed by atoms with van der Waals surface area (Å²) >= 11 is 1.59. The van der Waals surface area contributed by atoms with Crippen LogP contribution in [0.15, 0.2) is 53.4 Å². The van der Waals surface area contributed by atoms with Gasteiger partial charge < -0.3 is 10.2 Å². The molecule has 0 aliphatic heterocycles. The van der Waals surface area contributed by atoms with Crippen LogP contribution in [0.25, 0.3) is 0 Å². The lowest BCUT2D eigenvalue weighted by Crippen LogP contribution is -2.41. The predicted molar refractivity (Wildman–Crippen MR) is 121 cm³/mol. The van der Waals surface area contributed by atoms with Gasteiger partial charge >= 0.3 is 0 Å². The molecule has 29 heavy (non-hydrogen) atoms. The number of likely N-dealkylation sites (N-methyl/N-ethyl adjacent to an activating group) is 1. The second-order valence-electron chi connectivity index (χ2n) is 7.22. The lowest BCUT2D eigenvalue weighted by atomic mass is 10.1. The second-order valence-corrected chi connectivity index (χ2v) is 8.07. The van der Waals surface area contributed by atoms with Crippen molar-refractivity contribution >= 4 is 29.3 Å². The maximum atomic E-state index is 12.8. The van der Waals surface area contributed by atoms with Gasteiger partial charge in [-0.2, -0.15) is 0 Å². The molecule has 5 nitrogen and oxygen atoms in total. The Hall–Kier alpha value is -2.31. The molecule has 0 unspecified atom stereocenters. The third kappa shape index (κ3) is 7.55. The number of carbonyl (C=O) groups is 2. The zero-order valence-corrected chi connectivity index (χ0v) is 18.6. The summed E-state index contributed by atoms with van der Waals surface area (Å²) in [5.41, 5.74) is 3.12. The first kappa shape index (κ1) is 23.0. The van der Waals surface area contributed by atoms with Crippen LogP contribution in [0.2, 0.25) is 0 Å². The summed E-state index contributed by atoms with van der Waals surface area (Å²) in [5, 5.41) is 2.94. The molecule has 156 valence electrons. The maximum absolute atomic E-state index is 12.8. The molecule has 0 spiro atoms. The zero-order valence-electron chi connectivity index (χ0n) is 17.8. The van der Waals surface area contributed by atoms with E-state index >= 15 is 0 Å². The van der Waals surface area contributed by atoms with Crippen molar-refractivity contribution in [3.63, 3.8) is 0 Å². The van der Waals surface area contributed by atoms with Crippen LogP contribution in [-0.2, 0) is 16.1 Å². The summed E-state index contributed by atoms with van der Waals surface area (Å²) in [4.78, 5) is 29.9. The Morgan fingerprint density at radius 3 is 2.38 bits per heavy atom. The Morgan fingerprint density at radius 1 is 1.03 bits per heavy atom. The zero-order chi connectivity index (χ0) is 21.2.